The molecule has 0 unspecified atom stereocenters. The third-order valence-electron chi connectivity index (χ3n) is 4.45. The zero-order valence-corrected chi connectivity index (χ0v) is 19.0. The Morgan fingerprint density at radius 3 is 2.53 bits per heavy atom. The molecular formula is C23H23FN2O4S2. The molecule has 0 saturated carbocycles. The highest BCUT2D eigenvalue weighted by Gasteiger charge is 2.18. The van der Waals surface area contributed by atoms with Crippen LogP contribution in [0.3, 0.4) is 0 Å². The number of amides is 1. The van der Waals surface area contributed by atoms with Gasteiger partial charge in [-0.3, -0.25) is 9.52 Å². The van der Waals surface area contributed by atoms with Crippen LogP contribution < -0.4 is 14.8 Å². The van der Waals surface area contributed by atoms with E-state index >= 15 is 0 Å². The molecule has 0 heterocycles. The molecule has 9 heteroatoms. The van der Waals surface area contributed by atoms with Crippen LogP contribution >= 0.6 is 11.8 Å². The van der Waals surface area contributed by atoms with E-state index in [1.54, 1.807) is 54.2 Å². The summed E-state index contributed by atoms with van der Waals surface area (Å²) < 4.78 is 46.1. The van der Waals surface area contributed by atoms with Crippen LogP contribution in [0.15, 0.2) is 82.6 Å². The molecular weight excluding hydrogens is 451 g/mol. The number of hydrogen-bond donors (Lipinski definition) is 2. The number of benzene rings is 3. The van der Waals surface area contributed by atoms with E-state index in [4.69, 9.17) is 4.74 Å². The number of hydrogen-bond acceptors (Lipinski definition) is 5. The Balaban J connectivity index is 1.56. The molecule has 0 atom stereocenters. The Hall–Kier alpha value is -3.04. The average molecular weight is 475 g/mol. The first kappa shape index (κ1) is 23.6. The van der Waals surface area contributed by atoms with Gasteiger partial charge < -0.3 is 10.1 Å². The Morgan fingerprint density at radius 1 is 1.03 bits per heavy atom. The maximum atomic E-state index is 12.9. The van der Waals surface area contributed by atoms with Crippen LogP contribution in [-0.4, -0.2) is 33.7 Å². The number of sulfonamides is 1. The summed E-state index contributed by atoms with van der Waals surface area (Å²) in [5.41, 5.74) is 0.558. The van der Waals surface area contributed by atoms with E-state index in [1.165, 1.54) is 37.4 Å². The molecule has 0 radical (unpaired) electrons. The Morgan fingerprint density at radius 2 is 1.78 bits per heavy atom. The SMILES string of the molecule is COc1ccccc1NS(=O)(=O)c1cccc(C(=O)NCCCSc2ccc(F)cc2)c1. The molecule has 0 bridgehead atoms. The second kappa shape index (κ2) is 11.0. The number of carbonyl (C=O) groups is 1. The second-order valence-electron chi connectivity index (χ2n) is 6.75. The normalized spacial score (nSPS) is 11.1. The van der Waals surface area contributed by atoms with Gasteiger partial charge in [0.1, 0.15) is 11.6 Å². The number of rotatable bonds is 10. The van der Waals surface area contributed by atoms with Crippen molar-refractivity contribution < 1.29 is 22.3 Å². The molecule has 2 N–H and O–H groups in total. The topological polar surface area (TPSA) is 84.5 Å². The molecule has 1 amide bonds. The number of carbonyl (C=O) groups excluding carboxylic acids is 1. The van der Waals surface area contributed by atoms with E-state index in [9.17, 15) is 17.6 Å². The van der Waals surface area contributed by atoms with E-state index in [-0.39, 0.29) is 22.2 Å². The van der Waals surface area contributed by atoms with Crippen molar-refractivity contribution in [2.75, 3.05) is 24.1 Å². The summed E-state index contributed by atoms with van der Waals surface area (Å²) in [6.07, 6.45) is 0.709. The van der Waals surface area contributed by atoms with Crippen molar-refractivity contribution in [2.45, 2.75) is 16.2 Å². The van der Waals surface area contributed by atoms with Gasteiger partial charge in [-0.15, -0.1) is 11.8 Å². The van der Waals surface area contributed by atoms with E-state index < -0.39 is 10.0 Å². The third kappa shape index (κ3) is 6.48. The van der Waals surface area contributed by atoms with E-state index in [2.05, 4.69) is 10.0 Å². The van der Waals surface area contributed by atoms with Gasteiger partial charge in [-0.25, -0.2) is 12.8 Å². The molecule has 6 nitrogen and oxygen atoms in total. The molecule has 0 spiro atoms. The maximum Gasteiger partial charge on any atom is 0.262 e. The quantitative estimate of drug-likeness (QED) is 0.333. The second-order valence-corrected chi connectivity index (χ2v) is 9.60. The van der Waals surface area contributed by atoms with Gasteiger partial charge in [0.15, 0.2) is 0 Å². The van der Waals surface area contributed by atoms with Crippen LogP contribution in [0.1, 0.15) is 16.8 Å². The number of methoxy groups -OCH3 is 1. The molecule has 3 aromatic carbocycles. The summed E-state index contributed by atoms with van der Waals surface area (Å²) in [7, 11) is -2.45. The lowest BCUT2D eigenvalue weighted by Crippen LogP contribution is -2.25. The van der Waals surface area contributed by atoms with Gasteiger partial charge in [0.25, 0.3) is 15.9 Å². The summed E-state index contributed by atoms with van der Waals surface area (Å²) in [5, 5.41) is 2.79. The number of nitrogens with one attached hydrogen (secondary N) is 2. The fraction of sp³-hybridized carbons (Fsp3) is 0.174. The number of anilines is 1. The molecule has 0 aromatic heterocycles. The maximum absolute atomic E-state index is 12.9. The lowest BCUT2D eigenvalue weighted by Gasteiger charge is -2.12. The highest BCUT2D eigenvalue weighted by molar-refractivity contribution is 7.99. The number of ether oxygens (including phenoxy) is 1. The summed E-state index contributed by atoms with van der Waals surface area (Å²) in [5.74, 6) is 0.516. The summed E-state index contributed by atoms with van der Waals surface area (Å²) in [6, 6.07) is 18.8. The smallest absolute Gasteiger partial charge is 0.262 e. The largest absolute Gasteiger partial charge is 0.495 e. The lowest BCUT2D eigenvalue weighted by atomic mass is 10.2. The number of halogens is 1. The fourth-order valence-electron chi connectivity index (χ4n) is 2.83. The molecule has 0 aliphatic carbocycles. The minimum absolute atomic E-state index is 0.0251. The first-order valence-corrected chi connectivity index (χ1v) is 12.3. The monoisotopic (exact) mass is 474 g/mol. The van der Waals surface area contributed by atoms with Crippen molar-refractivity contribution >= 4 is 33.4 Å². The summed E-state index contributed by atoms with van der Waals surface area (Å²) in [6.45, 7) is 0.434. The van der Waals surface area contributed by atoms with Crippen LogP contribution in [0.5, 0.6) is 5.75 Å². The van der Waals surface area contributed by atoms with E-state index in [0.29, 0.717) is 24.4 Å². The minimum Gasteiger partial charge on any atom is -0.495 e. The predicted octanol–water partition coefficient (Wildman–Crippen LogP) is 4.55. The Bertz CT molecular complexity index is 1170. The van der Waals surface area contributed by atoms with Crippen molar-refractivity contribution in [1.29, 1.82) is 0 Å². The van der Waals surface area contributed by atoms with Crippen molar-refractivity contribution in [2.24, 2.45) is 0 Å². The van der Waals surface area contributed by atoms with Gasteiger partial charge in [0.2, 0.25) is 0 Å². The molecule has 0 aliphatic rings. The van der Waals surface area contributed by atoms with Crippen molar-refractivity contribution in [1.82, 2.24) is 5.32 Å². The molecule has 0 fully saturated rings. The Kier molecular flexibility index (Phi) is 8.13. The zero-order valence-electron chi connectivity index (χ0n) is 17.4. The van der Waals surface area contributed by atoms with Crippen molar-refractivity contribution in [3.8, 4) is 5.75 Å². The third-order valence-corrected chi connectivity index (χ3v) is 6.91. The van der Waals surface area contributed by atoms with E-state index in [0.717, 1.165) is 10.6 Å². The van der Waals surface area contributed by atoms with Crippen LogP contribution in [0.2, 0.25) is 0 Å². The average Bonchev–Trinajstić information content (AvgIpc) is 2.80. The van der Waals surface area contributed by atoms with Gasteiger partial charge in [-0.1, -0.05) is 18.2 Å². The van der Waals surface area contributed by atoms with Crippen LogP contribution in [0, 0.1) is 5.82 Å². The van der Waals surface area contributed by atoms with Gasteiger partial charge >= 0.3 is 0 Å². The molecule has 3 rings (SSSR count). The highest BCUT2D eigenvalue weighted by Crippen LogP contribution is 2.26. The fourth-order valence-corrected chi connectivity index (χ4v) is 4.80. The molecule has 0 saturated heterocycles. The van der Waals surface area contributed by atoms with Crippen molar-refractivity contribution in [3.63, 3.8) is 0 Å². The summed E-state index contributed by atoms with van der Waals surface area (Å²) >= 11 is 1.57. The van der Waals surface area contributed by atoms with Gasteiger partial charge in [-0.2, -0.15) is 0 Å². The lowest BCUT2D eigenvalue weighted by molar-refractivity contribution is 0.0953. The van der Waals surface area contributed by atoms with Crippen LogP contribution in [-0.2, 0) is 10.0 Å². The van der Waals surface area contributed by atoms with Crippen LogP contribution in [0.25, 0.3) is 0 Å². The summed E-state index contributed by atoms with van der Waals surface area (Å²) in [4.78, 5) is 13.4. The van der Waals surface area contributed by atoms with Crippen molar-refractivity contribution in [3.05, 3.63) is 84.2 Å². The van der Waals surface area contributed by atoms with Gasteiger partial charge in [0.05, 0.1) is 17.7 Å². The minimum atomic E-state index is -3.90. The zero-order chi connectivity index (χ0) is 23.0. The van der Waals surface area contributed by atoms with Gasteiger partial charge in [-0.05, 0) is 66.8 Å². The first-order valence-electron chi connectivity index (χ1n) is 9.81. The molecule has 0 aliphatic heterocycles. The molecule has 3 aromatic rings. The molecule has 168 valence electrons. The number of para-hydroxylation sites is 2. The van der Waals surface area contributed by atoms with Crippen LogP contribution in [0.4, 0.5) is 10.1 Å². The number of thioether (sulfide) groups is 1. The first-order chi connectivity index (χ1) is 15.4. The molecule has 32 heavy (non-hydrogen) atoms. The van der Waals surface area contributed by atoms with E-state index in [1.807, 2.05) is 0 Å². The highest BCUT2D eigenvalue weighted by atomic mass is 32.2. The Labute approximate surface area is 191 Å². The van der Waals surface area contributed by atoms with Gasteiger partial charge in [0, 0.05) is 17.0 Å². The standard InChI is InChI=1S/C23H23FN2O4S2/c1-30-22-9-3-2-8-21(22)26-32(28,29)20-7-4-6-17(16-20)23(27)25-14-5-15-31-19-12-10-18(24)11-13-19/h2-4,6-13,16,26H,5,14-15H2,1H3,(H,25,27). The predicted molar refractivity (Wildman–Crippen MR) is 124 cm³/mol.